The molecule has 8 nitrogen and oxygen atoms in total. The second-order valence-corrected chi connectivity index (χ2v) is 8.28. The predicted molar refractivity (Wildman–Crippen MR) is 109 cm³/mol. The van der Waals surface area contributed by atoms with Gasteiger partial charge in [0.05, 0.1) is 17.6 Å². The van der Waals surface area contributed by atoms with Gasteiger partial charge in [-0.25, -0.2) is 9.78 Å². The Morgan fingerprint density at radius 3 is 2.45 bits per heavy atom. The van der Waals surface area contributed by atoms with Crippen LogP contribution in [-0.4, -0.2) is 51.2 Å². The summed E-state index contributed by atoms with van der Waals surface area (Å²) in [5.74, 6) is -0.100. The number of nitrogens with zero attached hydrogens (tertiary/aromatic N) is 3. The lowest BCUT2D eigenvalue weighted by Gasteiger charge is -2.33. The fraction of sp³-hybridized carbons (Fsp3) is 0.476. The Morgan fingerprint density at radius 2 is 1.90 bits per heavy atom. The number of hydrogen-bond donors (Lipinski definition) is 1. The number of benzene rings is 1. The van der Waals surface area contributed by atoms with Crippen molar-refractivity contribution >= 4 is 12.0 Å². The summed E-state index contributed by atoms with van der Waals surface area (Å²) in [6, 6.07) is 5.32. The van der Waals surface area contributed by atoms with E-state index in [9.17, 15) is 9.59 Å². The van der Waals surface area contributed by atoms with Crippen LogP contribution in [0.3, 0.4) is 0 Å². The zero-order valence-corrected chi connectivity index (χ0v) is 17.3. The van der Waals surface area contributed by atoms with Gasteiger partial charge in [-0.2, -0.15) is 0 Å². The Labute approximate surface area is 170 Å². The zero-order valence-electron chi connectivity index (χ0n) is 17.3. The smallest absolute Gasteiger partial charge is 0.410 e. The van der Waals surface area contributed by atoms with Crippen LogP contribution >= 0.6 is 0 Å². The van der Waals surface area contributed by atoms with Gasteiger partial charge in [-0.3, -0.25) is 4.79 Å². The number of likely N-dealkylation sites (tertiary alicyclic amines) is 1. The highest BCUT2D eigenvalue weighted by molar-refractivity contribution is 5.97. The average molecular weight is 400 g/mol. The fourth-order valence-electron chi connectivity index (χ4n) is 3.21. The molecule has 0 unspecified atom stereocenters. The summed E-state index contributed by atoms with van der Waals surface area (Å²) in [5.41, 5.74) is 6.94. The first kappa shape index (κ1) is 20.7. The van der Waals surface area contributed by atoms with E-state index >= 15 is 0 Å². The zero-order chi connectivity index (χ0) is 21.2. The van der Waals surface area contributed by atoms with Crippen LogP contribution in [0.4, 0.5) is 4.79 Å². The summed E-state index contributed by atoms with van der Waals surface area (Å²) < 4.78 is 13.3. The number of ether oxygens (including phenoxy) is 2. The number of carbonyl (C=O) groups excluding carboxylic acids is 2. The van der Waals surface area contributed by atoms with E-state index in [1.165, 1.54) is 0 Å². The molecule has 1 aromatic heterocycles. The Hall–Kier alpha value is -3.03. The minimum absolute atomic E-state index is 0.104. The molecule has 1 aliphatic rings. The van der Waals surface area contributed by atoms with Gasteiger partial charge in [-0.15, -0.1) is 0 Å². The van der Waals surface area contributed by atoms with Crippen LogP contribution in [0.5, 0.6) is 5.75 Å². The molecule has 156 valence electrons. The molecule has 0 atom stereocenters. The number of hydrogen-bond acceptors (Lipinski definition) is 5. The minimum atomic E-state index is -0.552. The van der Waals surface area contributed by atoms with Gasteiger partial charge in [-0.05, 0) is 39.0 Å². The van der Waals surface area contributed by atoms with E-state index in [2.05, 4.69) is 4.98 Å². The van der Waals surface area contributed by atoms with Crippen LogP contribution in [0.2, 0.25) is 0 Å². The molecular weight excluding hydrogens is 372 g/mol. The molecule has 2 aromatic rings. The van der Waals surface area contributed by atoms with Gasteiger partial charge in [-0.1, -0.05) is 0 Å². The first-order chi connectivity index (χ1) is 13.6. The Kier molecular flexibility index (Phi) is 5.81. The highest BCUT2D eigenvalue weighted by atomic mass is 16.6. The van der Waals surface area contributed by atoms with Crippen molar-refractivity contribution in [1.29, 1.82) is 0 Å². The molecule has 0 bridgehead atoms. The summed E-state index contributed by atoms with van der Waals surface area (Å²) in [4.78, 5) is 30.2. The van der Waals surface area contributed by atoms with Gasteiger partial charge in [0.2, 0.25) is 0 Å². The van der Waals surface area contributed by atoms with Crippen molar-refractivity contribution in [3.8, 4) is 17.0 Å². The maximum Gasteiger partial charge on any atom is 0.410 e. The van der Waals surface area contributed by atoms with Gasteiger partial charge < -0.3 is 24.7 Å². The topological polar surface area (TPSA) is 99.7 Å². The van der Waals surface area contributed by atoms with Gasteiger partial charge in [0.25, 0.3) is 5.91 Å². The number of nitrogens with two attached hydrogens (primary N) is 1. The van der Waals surface area contributed by atoms with Gasteiger partial charge in [0, 0.05) is 44.7 Å². The van der Waals surface area contributed by atoms with Crippen molar-refractivity contribution < 1.29 is 19.1 Å². The number of carbonyl (C=O) groups is 2. The summed E-state index contributed by atoms with van der Waals surface area (Å²) in [5, 5.41) is 0. The molecule has 2 N–H and O–H groups in total. The lowest BCUT2D eigenvalue weighted by atomic mass is 10.1. The Morgan fingerprint density at radius 1 is 1.21 bits per heavy atom. The van der Waals surface area contributed by atoms with E-state index in [1.807, 2.05) is 44.6 Å². The number of piperidine rings is 1. The maximum atomic E-state index is 12.2. The lowest BCUT2D eigenvalue weighted by Crippen LogP contribution is -2.44. The van der Waals surface area contributed by atoms with E-state index in [1.54, 1.807) is 23.4 Å². The monoisotopic (exact) mass is 400 g/mol. The Bertz CT molecular complexity index is 892. The molecule has 0 radical (unpaired) electrons. The number of amides is 2. The molecule has 29 heavy (non-hydrogen) atoms. The summed E-state index contributed by atoms with van der Waals surface area (Å²) in [6.07, 6.45) is 4.45. The van der Waals surface area contributed by atoms with E-state index in [0.29, 0.717) is 37.2 Å². The quantitative estimate of drug-likeness (QED) is 0.850. The summed E-state index contributed by atoms with van der Waals surface area (Å²) in [6.45, 7) is 6.62. The largest absolute Gasteiger partial charge is 0.489 e. The van der Waals surface area contributed by atoms with Crippen molar-refractivity contribution in [2.24, 2.45) is 12.8 Å². The second-order valence-electron chi connectivity index (χ2n) is 8.28. The molecule has 0 saturated carbocycles. The molecule has 8 heteroatoms. The second kappa shape index (κ2) is 8.14. The highest BCUT2D eigenvalue weighted by Crippen LogP contribution is 2.28. The van der Waals surface area contributed by atoms with Gasteiger partial charge in [0.1, 0.15) is 17.5 Å². The molecule has 0 aliphatic carbocycles. The van der Waals surface area contributed by atoms with Crippen molar-refractivity contribution in [2.45, 2.75) is 45.3 Å². The van der Waals surface area contributed by atoms with Crippen molar-refractivity contribution in [3.05, 3.63) is 36.3 Å². The van der Waals surface area contributed by atoms with Gasteiger partial charge >= 0.3 is 6.09 Å². The molecule has 3 rings (SSSR count). The van der Waals surface area contributed by atoms with E-state index in [4.69, 9.17) is 15.2 Å². The molecular formula is C21H28N4O4. The van der Waals surface area contributed by atoms with Crippen LogP contribution < -0.4 is 10.5 Å². The average Bonchev–Trinajstić information content (AvgIpc) is 3.07. The molecule has 0 spiro atoms. The van der Waals surface area contributed by atoms with Crippen molar-refractivity contribution in [3.63, 3.8) is 0 Å². The third-order valence-corrected chi connectivity index (χ3v) is 4.63. The van der Waals surface area contributed by atoms with Crippen molar-refractivity contribution in [2.75, 3.05) is 13.1 Å². The third kappa shape index (κ3) is 5.28. The summed E-state index contributed by atoms with van der Waals surface area (Å²) in [7, 11) is 1.88. The minimum Gasteiger partial charge on any atom is -0.489 e. The Balaban J connectivity index is 1.66. The predicted octanol–water partition coefficient (Wildman–Crippen LogP) is 2.96. The van der Waals surface area contributed by atoms with Crippen molar-refractivity contribution in [1.82, 2.24) is 14.5 Å². The number of rotatable bonds is 4. The SMILES string of the molecule is Cn1cnc(-c2ccc(OC3CCN(C(=O)OC(C)(C)C)CC3)c(C(N)=O)c2)c1. The number of aryl methyl sites for hydroxylation is 1. The lowest BCUT2D eigenvalue weighted by molar-refractivity contribution is 0.0126. The number of primary amides is 1. The van der Waals surface area contributed by atoms with Crippen LogP contribution in [-0.2, 0) is 11.8 Å². The molecule has 2 amide bonds. The first-order valence-corrected chi connectivity index (χ1v) is 9.69. The third-order valence-electron chi connectivity index (χ3n) is 4.63. The van der Waals surface area contributed by atoms with Crippen LogP contribution in [0.25, 0.3) is 11.3 Å². The fourth-order valence-corrected chi connectivity index (χ4v) is 3.21. The molecule has 1 saturated heterocycles. The number of imidazole rings is 1. The molecule has 1 aromatic carbocycles. The standard InChI is InChI=1S/C21H28N4O4/c1-21(2,3)29-20(27)25-9-7-15(8-10-25)28-18-6-5-14(11-16(18)19(22)26)17-12-24(4)13-23-17/h5-6,11-13,15H,7-10H2,1-4H3,(H2,22,26). The highest BCUT2D eigenvalue weighted by Gasteiger charge is 2.28. The molecule has 2 heterocycles. The maximum absolute atomic E-state index is 12.2. The van der Waals surface area contributed by atoms with E-state index < -0.39 is 11.5 Å². The van der Waals surface area contributed by atoms with Crippen LogP contribution in [0.15, 0.2) is 30.7 Å². The molecule has 1 fully saturated rings. The normalized spacial score (nSPS) is 15.2. The summed E-state index contributed by atoms with van der Waals surface area (Å²) >= 11 is 0. The van der Waals surface area contributed by atoms with Gasteiger partial charge in [0.15, 0.2) is 0 Å². The van der Waals surface area contributed by atoms with E-state index in [-0.39, 0.29) is 12.2 Å². The molecule has 1 aliphatic heterocycles. The number of aromatic nitrogens is 2. The first-order valence-electron chi connectivity index (χ1n) is 9.69. The van der Waals surface area contributed by atoms with Crippen LogP contribution in [0.1, 0.15) is 44.0 Å². The van der Waals surface area contributed by atoms with E-state index in [0.717, 1.165) is 11.3 Å². The van der Waals surface area contributed by atoms with Crippen LogP contribution in [0, 0.1) is 0 Å².